The smallest absolute Gasteiger partial charge is 0.246 e. The fourth-order valence-corrected chi connectivity index (χ4v) is 4.05. The van der Waals surface area contributed by atoms with Crippen molar-refractivity contribution in [3.8, 4) is 0 Å². The van der Waals surface area contributed by atoms with E-state index < -0.39 is 12.1 Å². The van der Waals surface area contributed by atoms with E-state index in [-0.39, 0.29) is 24.4 Å². The van der Waals surface area contributed by atoms with Gasteiger partial charge in [0.25, 0.3) is 0 Å². The maximum absolute atomic E-state index is 12.8. The third-order valence-corrected chi connectivity index (χ3v) is 5.24. The Kier molecular flexibility index (Phi) is 3.18. The number of benzene rings is 1. The predicted molar refractivity (Wildman–Crippen MR) is 80.1 cm³/mol. The number of fused-ring (bicyclic) bond motifs is 2. The van der Waals surface area contributed by atoms with Crippen LogP contribution in [0, 0.1) is 0 Å². The lowest BCUT2D eigenvalue weighted by molar-refractivity contribution is -0.162. The van der Waals surface area contributed by atoms with E-state index in [1.165, 1.54) is 11.1 Å². The Morgan fingerprint density at radius 3 is 2.41 bits per heavy atom. The lowest BCUT2D eigenvalue weighted by Crippen LogP contribution is -2.64. The summed E-state index contributed by atoms with van der Waals surface area (Å²) in [6.45, 7) is 0.680. The summed E-state index contributed by atoms with van der Waals surface area (Å²) in [5.74, 6) is 0.0311. The fourth-order valence-electron chi connectivity index (χ4n) is 4.05. The fraction of sp³-hybridized carbons (Fsp3) is 0.529. The van der Waals surface area contributed by atoms with Gasteiger partial charge in [-0.05, 0) is 30.4 Å². The van der Waals surface area contributed by atoms with Crippen LogP contribution in [0.2, 0.25) is 0 Å². The van der Waals surface area contributed by atoms with Crippen LogP contribution in [-0.4, -0.2) is 58.0 Å². The van der Waals surface area contributed by atoms with Crippen LogP contribution >= 0.6 is 0 Å². The molecule has 0 saturated carbocycles. The average Bonchev–Trinajstić information content (AvgIpc) is 2.94. The zero-order valence-corrected chi connectivity index (χ0v) is 12.4. The number of hydrogen-bond donors (Lipinski definition) is 1. The van der Waals surface area contributed by atoms with Crippen molar-refractivity contribution in [3.05, 3.63) is 35.4 Å². The van der Waals surface area contributed by atoms with E-state index in [1.54, 1.807) is 9.80 Å². The highest BCUT2D eigenvalue weighted by molar-refractivity contribution is 5.95. The first kappa shape index (κ1) is 13.8. The second-order valence-electron chi connectivity index (χ2n) is 6.58. The topological polar surface area (TPSA) is 60.9 Å². The van der Waals surface area contributed by atoms with Crippen molar-refractivity contribution in [1.29, 1.82) is 0 Å². The molecule has 2 saturated heterocycles. The Labute approximate surface area is 129 Å². The van der Waals surface area contributed by atoms with Crippen LogP contribution in [0.5, 0.6) is 0 Å². The minimum absolute atomic E-state index is 0.0103. The Morgan fingerprint density at radius 2 is 1.73 bits per heavy atom. The van der Waals surface area contributed by atoms with Crippen molar-refractivity contribution in [2.75, 3.05) is 13.1 Å². The summed E-state index contributed by atoms with van der Waals surface area (Å²) >= 11 is 0. The Morgan fingerprint density at radius 1 is 1.05 bits per heavy atom. The lowest BCUT2D eigenvalue weighted by Gasteiger charge is -2.45. The zero-order chi connectivity index (χ0) is 15.3. The molecule has 1 N–H and O–H groups in total. The molecule has 0 radical (unpaired) electrons. The van der Waals surface area contributed by atoms with Gasteiger partial charge in [0.05, 0.1) is 6.10 Å². The van der Waals surface area contributed by atoms with E-state index in [9.17, 15) is 14.7 Å². The second kappa shape index (κ2) is 5.09. The first-order valence-corrected chi connectivity index (χ1v) is 7.98. The Balaban J connectivity index is 1.56. The van der Waals surface area contributed by atoms with Gasteiger partial charge in [0, 0.05) is 19.0 Å². The molecule has 2 atom stereocenters. The lowest BCUT2D eigenvalue weighted by atomic mass is 9.95. The molecule has 2 heterocycles. The molecule has 1 aromatic carbocycles. The summed E-state index contributed by atoms with van der Waals surface area (Å²) in [4.78, 5) is 28.6. The van der Waals surface area contributed by atoms with E-state index in [0.717, 1.165) is 12.8 Å². The highest BCUT2D eigenvalue weighted by atomic mass is 16.3. The van der Waals surface area contributed by atoms with Crippen molar-refractivity contribution in [3.63, 3.8) is 0 Å². The van der Waals surface area contributed by atoms with Gasteiger partial charge in [-0.3, -0.25) is 9.59 Å². The van der Waals surface area contributed by atoms with Gasteiger partial charge in [0.15, 0.2) is 0 Å². The van der Waals surface area contributed by atoms with E-state index in [0.29, 0.717) is 19.4 Å². The van der Waals surface area contributed by atoms with Crippen LogP contribution in [0.1, 0.15) is 24.0 Å². The van der Waals surface area contributed by atoms with E-state index in [4.69, 9.17) is 0 Å². The summed E-state index contributed by atoms with van der Waals surface area (Å²) < 4.78 is 0. The molecule has 0 unspecified atom stereocenters. The number of aliphatic hydroxyl groups is 1. The summed E-state index contributed by atoms with van der Waals surface area (Å²) in [5, 5.41) is 9.84. The Hall–Kier alpha value is -1.88. The number of piperidine rings is 1. The molecule has 116 valence electrons. The largest absolute Gasteiger partial charge is 0.393 e. The van der Waals surface area contributed by atoms with Crippen LogP contribution in [0.3, 0.4) is 0 Å². The van der Waals surface area contributed by atoms with Crippen molar-refractivity contribution >= 4 is 11.8 Å². The van der Waals surface area contributed by atoms with E-state index >= 15 is 0 Å². The summed E-state index contributed by atoms with van der Waals surface area (Å²) in [7, 11) is 0. The molecule has 1 aliphatic carbocycles. The predicted octanol–water partition coefficient (Wildman–Crippen LogP) is 0.348. The number of carbonyl (C=O) groups excluding carboxylic acids is 2. The SMILES string of the molecule is O=C1[C@@H]2C[C@H](O)CCN2C(=O)CN1C1Cc2ccccc2C1. The molecule has 22 heavy (non-hydrogen) atoms. The molecule has 0 spiro atoms. The van der Waals surface area contributed by atoms with Gasteiger partial charge < -0.3 is 14.9 Å². The van der Waals surface area contributed by atoms with Gasteiger partial charge in [-0.15, -0.1) is 0 Å². The van der Waals surface area contributed by atoms with Crippen LogP contribution in [0.15, 0.2) is 24.3 Å². The molecule has 2 amide bonds. The number of piperazine rings is 1. The van der Waals surface area contributed by atoms with Crippen LogP contribution in [0.25, 0.3) is 0 Å². The zero-order valence-electron chi connectivity index (χ0n) is 12.4. The molecular formula is C17H20N2O3. The normalized spacial score (nSPS) is 28.8. The van der Waals surface area contributed by atoms with Gasteiger partial charge in [-0.1, -0.05) is 24.3 Å². The Bertz CT molecular complexity index is 605. The third-order valence-electron chi connectivity index (χ3n) is 5.24. The molecule has 3 aliphatic rings. The molecule has 4 rings (SSSR count). The molecule has 5 nitrogen and oxygen atoms in total. The number of aliphatic hydroxyl groups excluding tert-OH is 1. The summed E-state index contributed by atoms with van der Waals surface area (Å²) in [6.07, 6.45) is 2.12. The minimum Gasteiger partial charge on any atom is -0.393 e. The van der Waals surface area contributed by atoms with Crippen LogP contribution < -0.4 is 0 Å². The van der Waals surface area contributed by atoms with E-state index in [1.807, 2.05) is 12.1 Å². The molecule has 0 aromatic heterocycles. The quantitative estimate of drug-likeness (QED) is 0.814. The average molecular weight is 300 g/mol. The highest BCUT2D eigenvalue weighted by Gasteiger charge is 2.45. The standard InChI is InChI=1S/C17H20N2O3/c20-14-5-6-18-15(9-14)17(22)19(10-16(18)21)13-7-11-3-1-2-4-12(11)8-13/h1-4,13-15,20H,5-10H2/t14-,15+/m1/s1. The first-order valence-electron chi connectivity index (χ1n) is 7.98. The maximum Gasteiger partial charge on any atom is 0.246 e. The number of nitrogens with zero attached hydrogens (tertiary/aromatic N) is 2. The number of carbonyl (C=O) groups is 2. The van der Waals surface area contributed by atoms with Crippen molar-refractivity contribution in [2.45, 2.75) is 43.9 Å². The van der Waals surface area contributed by atoms with Gasteiger partial charge in [-0.25, -0.2) is 0 Å². The number of hydrogen-bond acceptors (Lipinski definition) is 3. The number of rotatable bonds is 1. The van der Waals surface area contributed by atoms with Gasteiger partial charge in [0.1, 0.15) is 12.6 Å². The molecule has 2 fully saturated rings. The van der Waals surface area contributed by atoms with Gasteiger partial charge in [-0.2, -0.15) is 0 Å². The highest BCUT2D eigenvalue weighted by Crippen LogP contribution is 2.30. The van der Waals surface area contributed by atoms with Crippen LogP contribution in [0.4, 0.5) is 0 Å². The third kappa shape index (κ3) is 2.11. The second-order valence-corrected chi connectivity index (χ2v) is 6.58. The van der Waals surface area contributed by atoms with Crippen molar-refractivity contribution in [2.24, 2.45) is 0 Å². The molecular weight excluding hydrogens is 280 g/mol. The molecule has 2 aliphatic heterocycles. The van der Waals surface area contributed by atoms with Crippen LogP contribution in [-0.2, 0) is 22.4 Å². The minimum atomic E-state index is -0.473. The monoisotopic (exact) mass is 300 g/mol. The van der Waals surface area contributed by atoms with Crippen molar-refractivity contribution < 1.29 is 14.7 Å². The maximum atomic E-state index is 12.8. The van der Waals surface area contributed by atoms with Gasteiger partial charge in [0.2, 0.25) is 11.8 Å². The van der Waals surface area contributed by atoms with E-state index in [2.05, 4.69) is 12.1 Å². The molecule has 5 heteroatoms. The molecule has 1 aromatic rings. The first-order chi connectivity index (χ1) is 10.6. The summed E-state index contributed by atoms with van der Waals surface area (Å²) in [6, 6.07) is 7.85. The van der Waals surface area contributed by atoms with Crippen molar-refractivity contribution in [1.82, 2.24) is 9.80 Å². The molecule has 0 bridgehead atoms. The summed E-state index contributed by atoms with van der Waals surface area (Å²) in [5.41, 5.74) is 2.55. The van der Waals surface area contributed by atoms with Gasteiger partial charge >= 0.3 is 0 Å². The number of amides is 2.